The molecule has 0 atom stereocenters. The van der Waals surface area contributed by atoms with Gasteiger partial charge in [0.15, 0.2) is 0 Å². The Kier molecular flexibility index (Phi) is 6.36. The van der Waals surface area contributed by atoms with E-state index in [1.54, 1.807) is 0 Å². The highest BCUT2D eigenvalue weighted by Crippen LogP contribution is 2.63. The van der Waals surface area contributed by atoms with Crippen LogP contribution in [0.2, 0.25) is 0 Å². The summed E-state index contributed by atoms with van der Waals surface area (Å²) in [4.78, 5) is 0. The van der Waals surface area contributed by atoms with Crippen molar-refractivity contribution in [3.63, 3.8) is 0 Å². The molecule has 0 bridgehead atoms. The van der Waals surface area contributed by atoms with Crippen molar-refractivity contribution in [2.45, 2.75) is 54.7 Å². The Balaban J connectivity index is 6.63. The summed E-state index contributed by atoms with van der Waals surface area (Å²) in [6, 6.07) is -6.51. The van der Waals surface area contributed by atoms with Gasteiger partial charge in [-0.2, -0.15) is 74.6 Å². The van der Waals surface area contributed by atoms with Gasteiger partial charge in [0.05, 0.1) is 0 Å². The molecule has 28 heavy (non-hydrogen) atoms. The van der Waals surface area contributed by atoms with E-state index in [2.05, 4.69) is 0 Å². The van der Waals surface area contributed by atoms with Crippen molar-refractivity contribution in [3.8, 4) is 0 Å². The zero-order valence-corrected chi connectivity index (χ0v) is 12.6. The predicted molar refractivity (Wildman–Crippen MR) is 54.4 cm³/mol. The van der Waals surface area contributed by atoms with E-state index in [0.29, 0.717) is 6.92 Å². The Morgan fingerprint density at radius 1 is 0.429 bits per heavy atom. The fraction of sp³-hybridized carbons (Fsp3) is 1.00. The Morgan fingerprint density at radius 2 is 0.679 bits per heavy atom. The lowest BCUT2D eigenvalue weighted by atomic mass is 9.90. The summed E-state index contributed by atoms with van der Waals surface area (Å²) in [5.41, 5.74) is 0. The second-order valence-electron chi connectivity index (χ2n) is 5.05. The van der Waals surface area contributed by atoms with Crippen LogP contribution in [-0.4, -0.2) is 54.3 Å². The van der Waals surface area contributed by atoms with Crippen molar-refractivity contribution in [1.29, 1.82) is 0 Å². The lowest BCUT2D eigenvalue weighted by Crippen LogP contribution is -2.75. The molecule has 0 fully saturated rings. The number of hydrogen-bond acceptors (Lipinski definition) is 1. The molecule has 0 radical (unpaired) electrons. The quantitative estimate of drug-likeness (QED) is 0.367. The first kappa shape index (κ1) is 26.8. The van der Waals surface area contributed by atoms with E-state index in [-0.39, 0.29) is 5.32 Å². The Hall–Kier alpha value is -1.23. The summed E-state index contributed by atoms with van der Waals surface area (Å²) >= 11 is 0. The monoisotopic (exact) mass is 463 g/mol. The van der Waals surface area contributed by atoms with Gasteiger partial charge in [-0.3, -0.25) is 5.32 Å². The highest BCUT2D eigenvalue weighted by atomic mass is 19.4. The van der Waals surface area contributed by atoms with Crippen LogP contribution in [0.5, 0.6) is 0 Å². The molecule has 0 aromatic heterocycles. The van der Waals surface area contributed by atoms with Gasteiger partial charge in [-0.25, -0.2) is 0 Å². The molecule has 0 heterocycles. The van der Waals surface area contributed by atoms with E-state index >= 15 is 0 Å². The van der Waals surface area contributed by atoms with Crippen LogP contribution < -0.4 is 5.32 Å². The van der Waals surface area contributed by atoms with Crippen LogP contribution in [0.25, 0.3) is 0 Å². The summed E-state index contributed by atoms with van der Waals surface area (Å²) in [7, 11) is 0. The van der Waals surface area contributed by atoms with Crippen LogP contribution in [0.15, 0.2) is 0 Å². The molecule has 0 aromatic carbocycles. The van der Waals surface area contributed by atoms with Crippen molar-refractivity contribution in [1.82, 2.24) is 5.32 Å². The Morgan fingerprint density at radius 3 is 0.929 bits per heavy atom. The van der Waals surface area contributed by atoms with Crippen molar-refractivity contribution in [3.05, 3.63) is 0 Å². The lowest BCUT2D eigenvalue weighted by molar-refractivity contribution is -0.462. The molecule has 0 aromatic rings. The van der Waals surface area contributed by atoms with Crippen molar-refractivity contribution in [2.75, 3.05) is 6.54 Å². The van der Waals surface area contributed by atoms with Crippen LogP contribution >= 0.6 is 0 Å². The SMILES string of the molecule is CCNC(F)(F)C(F)(F)C(F)(F)C(F)(F)C(F)(F)C(F)(F)C(F)(F)C(F)(F)F. The third-order valence-electron chi connectivity index (χ3n) is 3.12. The molecule has 0 unspecified atom stereocenters. The molecule has 0 aliphatic heterocycles. The van der Waals surface area contributed by atoms with Gasteiger partial charge in [0.2, 0.25) is 0 Å². The van der Waals surface area contributed by atoms with Gasteiger partial charge < -0.3 is 0 Å². The zero-order chi connectivity index (χ0) is 23.4. The predicted octanol–water partition coefficient (Wildman–Crippen LogP) is 5.56. The normalized spacial score (nSPS) is 16.5. The summed E-state index contributed by atoms with van der Waals surface area (Å²) in [6.07, 6.45) is -7.75. The van der Waals surface area contributed by atoms with Gasteiger partial charge in [0, 0.05) is 0 Å². The average molecular weight is 463 g/mol. The van der Waals surface area contributed by atoms with Gasteiger partial charge in [-0.15, -0.1) is 0 Å². The highest BCUT2D eigenvalue weighted by molar-refractivity contribution is 5.14. The van der Waals surface area contributed by atoms with E-state index in [1.807, 2.05) is 0 Å². The minimum atomic E-state index is -8.59. The summed E-state index contributed by atoms with van der Waals surface area (Å²) in [5.74, 6) is -49.6. The highest BCUT2D eigenvalue weighted by Gasteiger charge is 2.95. The standard InChI is InChI=1S/C10H6F17N/c1-2-28-10(26,27)8(21,22)6(17,18)4(13,14)3(11,12)5(15,16)7(19,20)9(23,24)25/h28H,2H2,1H3. The molecule has 0 saturated heterocycles. The molecule has 0 saturated carbocycles. The minimum absolute atomic E-state index is 0.128. The second-order valence-corrected chi connectivity index (χ2v) is 5.05. The fourth-order valence-electron chi connectivity index (χ4n) is 1.50. The van der Waals surface area contributed by atoms with E-state index in [0.717, 1.165) is 0 Å². The molecule has 0 rings (SSSR count). The first-order valence-corrected chi connectivity index (χ1v) is 6.27. The van der Waals surface area contributed by atoms with E-state index in [9.17, 15) is 74.6 Å². The van der Waals surface area contributed by atoms with Crippen LogP contribution in [0.3, 0.4) is 0 Å². The molecule has 170 valence electrons. The Labute approximate surface area is 142 Å². The summed E-state index contributed by atoms with van der Waals surface area (Å²) in [5, 5.41) is 0.128. The second kappa shape index (κ2) is 6.65. The maximum absolute atomic E-state index is 13.1. The smallest absolute Gasteiger partial charge is 0.253 e. The third-order valence-corrected chi connectivity index (χ3v) is 3.12. The number of halogens is 17. The van der Waals surface area contributed by atoms with Gasteiger partial charge in [-0.05, 0) is 6.54 Å². The molecule has 0 aliphatic carbocycles. The number of nitrogens with one attached hydrogen (secondary N) is 1. The average Bonchev–Trinajstić information content (AvgIpc) is 2.44. The number of rotatable bonds is 8. The van der Waals surface area contributed by atoms with Crippen LogP contribution in [-0.2, 0) is 0 Å². The van der Waals surface area contributed by atoms with Crippen molar-refractivity contribution >= 4 is 0 Å². The van der Waals surface area contributed by atoms with E-state index in [1.165, 1.54) is 0 Å². The van der Waals surface area contributed by atoms with E-state index < -0.39 is 54.3 Å². The number of hydrogen-bond donors (Lipinski definition) is 1. The fourth-order valence-corrected chi connectivity index (χ4v) is 1.50. The van der Waals surface area contributed by atoms with E-state index in [4.69, 9.17) is 0 Å². The number of alkyl halides is 17. The molecule has 0 spiro atoms. The van der Waals surface area contributed by atoms with Gasteiger partial charge >= 0.3 is 47.8 Å². The molecule has 1 nitrogen and oxygen atoms in total. The molecule has 18 heteroatoms. The third kappa shape index (κ3) is 3.24. The molecular formula is C10H6F17N. The zero-order valence-electron chi connectivity index (χ0n) is 12.6. The lowest BCUT2D eigenvalue weighted by Gasteiger charge is -2.42. The van der Waals surface area contributed by atoms with Crippen molar-refractivity contribution in [2.24, 2.45) is 0 Å². The molecule has 0 amide bonds. The Bertz CT molecular complexity index is 559. The first-order valence-electron chi connectivity index (χ1n) is 6.27. The largest absolute Gasteiger partial charge is 0.460 e. The van der Waals surface area contributed by atoms with Gasteiger partial charge in [-0.1, -0.05) is 6.92 Å². The summed E-state index contributed by atoms with van der Waals surface area (Å²) in [6.45, 7) is -0.935. The molecular weight excluding hydrogens is 457 g/mol. The van der Waals surface area contributed by atoms with Gasteiger partial charge in [0.1, 0.15) is 0 Å². The molecule has 0 aliphatic rings. The minimum Gasteiger partial charge on any atom is -0.253 e. The summed E-state index contributed by atoms with van der Waals surface area (Å²) < 4.78 is 217. The van der Waals surface area contributed by atoms with Crippen LogP contribution in [0.4, 0.5) is 74.6 Å². The maximum atomic E-state index is 13.1. The van der Waals surface area contributed by atoms with Crippen molar-refractivity contribution < 1.29 is 74.6 Å². The maximum Gasteiger partial charge on any atom is 0.460 e. The molecule has 1 N–H and O–H groups in total. The first-order chi connectivity index (χ1) is 11.8. The van der Waals surface area contributed by atoms with Crippen LogP contribution in [0.1, 0.15) is 6.92 Å². The topological polar surface area (TPSA) is 12.0 Å². The van der Waals surface area contributed by atoms with Gasteiger partial charge in [0.25, 0.3) is 0 Å². The van der Waals surface area contributed by atoms with Crippen LogP contribution in [0, 0.1) is 0 Å².